The Labute approximate surface area is 89.6 Å². The first-order valence-corrected chi connectivity index (χ1v) is 5.64. The molecule has 0 aliphatic carbocycles. The molecule has 72 valence electrons. The SMILES string of the molecule is CC(C)(C)N(I)C1CCNCC1. The summed E-state index contributed by atoms with van der Waals surface area (Å²) in [7, 11) is 0. The predicted octanol–water partition coefficient (Wildman–Crippen LogP) is 2.19. The first-order valence-electron chi connectivity index (χ1n) is 4.67. The second-order valence-corrected chi connectivity index (χ2v) is 5.50. The standard InChI is InChI=1S/C9H19IN2/c1-9(2,3)12(10)8-4-6-11-7-5-8/h8,11H,4-7H2,1-3H3. The van der Waals surface area contributed by atoms with Crippen molar-refractivity contribution in [3.63, 3.8) is 0 Å². The van der Waals surface area contributed by atoms with Gasteiger partial charge in [0.05, 0.1) is 0 Å². The van der Waals surface area contributed by atoms with Gasteiger partial charge in [0.2, 0.25) is 0 Å². The number of nitrogens with one attached hydrogen (secondary N) is 1. The van der Waals surface area contributed by atoms with Gasteiger partial charge in [-0.3, -0.25) is 0 Å². The molecule has 1 fully saturated rings. The molecule has 12 heavy (non-hydrogen) atoms. The van der Waals surface area contributed by atoms with Crippen LogP contribution >= 0.6 is 22.9 Å². The highest BCUT2D eigenvalue weighted by Gasteiger charge is 2.27. The van der Waals surface area contributed by atoms with Crippen molar-refractivity contribution in [2.24, 2.45) is 0 Å². The summed E-state index contributed by atoms with van der Waals surface area (Å²) in [5.74, 6) is 0. The minimum absolute atomic E-state index is 0.308. The molecule has 1 aliphatic heterocycles. The Morgan fingerprint density at radius 3 is 2.17 bits per heavy atom. The van der Waals surface area contributed by atoms with E-state index in [-0.39, 0.29) is 0 Å². The zero-order valence-electron chi connectivity index (χ0n) is 8.23. The molecule has 0 radical (unpaired) electrons. The van der Waals surface area contributed by atoms with Gasteiger partial charge in [0, 0.05) is 34.4 Å². The molecular formula is C9H19IN2. The molecule has 1 rings (SSSR count). The van der Waals surface area contributed by atoms with E-state index < -0.39 is 0 Å². The summed E-state index contributed by atoms with van der Waals surface area (Å²) in [6, 6.07) is 0.770. The van der Waals surface area contributed by atoms with Crippen molar-refractivity contribution in [2.45, 2.75) is 45.2 Å². The number of hydrogen-bond donors (Lipinski definition) is 1. The molecule has 0 spiro atoms. The molecule has 0 aromatic carbocycles. The van der Waals surface area contributed by atoms with E-state index in [0.29, 0.717) is 5.54 Å². The minimum atomic E-state index is 0.308. The summed E-state index contributed by atoms with van der Waals surface area (Å²) in [5.41, 5.74) is 0.308. The van der Waals surface area contributed by atoms with Gasteiger partial charge in [-0.05, 0) is 46.7 Å². The van der Waals surface area contributed by atoms with E-state index in [1.807, 2.05) is 0 Å². The summed E-state index contributed by atoms with van der Waals surface area (Å²) in [6.07, 6.45) is 2.58. The Hall–Kier alpha value is 0.650. The summed E-state index contributed by atoms with van der Waals surface area (Å²) in [5, 5.41) is 3.39. The normalized spacial score (nSPS) is 21.8. The zero-order valence-corrected chi connectivity index (χ0v) is 10.4. The van der Waals surface area contributed by atoms with Crippen molar-refractivity contribution >= 4 is 22.9 Å². The molecule has 0 bridgehead atoms. The highest BCUT2D eigenvalue weighted by molar-refractivity contribution is 14.1. The molecule has 0 aromatic rings. The van der Waals surface area contributed by atoms with E-state index in [9.17, 15) is 0 Å². The third-order valence-corrected chi connectivity index (χ3v) is 4.51. The van der Waals surface area contributed by atoms with Gasteiger partial charge >= 0.3 is 0 Å². The molecule has 0 aromatic heterocycles. The van der Waals surface area contributed by atoms with Gasteiger partial charge in [-0.25, -0.2) is 3.11 Å². The van der Waals surface area contributed by atoms with Crippen LogP contribution in [0, 0.1) is 0 Å². The molecule has 3 heteroatoms. The van der Waals surface area contributed by atoms with E-state index in [4.69, 9.17) is 0 Å². The van der Waals surface area contributed by atoms with Gasteiger partial charge in [-0.15, -0.1) is 0 Å². The van der Waals surface area contributed by atoms with Crippen molar-refractivity contribution in [3.8, 4) is 0 Å². The lowest BCUT2D eigenvalue weighted by Crippen LogP contribution is -2.46. The fourth-order valence-electron chi connectivity index (χ4n) is 1.58. The van der Waals surface area contributed by atoms with Crippen LogP contribution < -0.4 is 5.32 Å². The molecule has 1 heterocycles. The Morgan fingerprint density at radius 1 is 1.25 bits per heavy atom. The Bertz CT molecular complexity index is 136. The Kier molecular flexibility index (Phi) is 3.79. The largest absolute Gasteiger partial charge is 0.317 e. The van der Waals surface area contributed by atoms with Gasteiger partial charge in [0.15, 0.2) is 0 Å². The van der Waals surface area contributed by atoms with E-state index in [2.05, 4.69) is 52.1 Å². The van der Waals surface area contributed by atoms with E-state index in [1.165, 1.54) is 25.9 Å². The monoisotopic (exact) mass is 282 g/mol. The highest BCUT2D eigenvalue weighted by atomic mass is 127. The molecule has 0 atom stereocenters. The van der Waals surface area contributed by atoms with Crippen LogP contribution in [0.15, 0.2) is 0 Å². The van der Waals surface area contributed by atoms with E-state index >= 15 is 0 Å². The Balaban J connectivity index is 2.45. The van der Waals surface area contributed by atoms with Crippen molar-refractivity contribution in [3.05, 3.63) is 0 Å². The summed E-state index contributed by atoms with van der Waals surface area (Å²) < 4.78 is 2.48. The van der Waals surface area contributed by atoms with Crippen LogP contribution in [0.3, 0.4) is 0 Å². The average Bonchev–Trinajstić information content (AvgIpc) is 2.03. The third-order valence-electron chi connectivity index (χ3n) is 2.27. The van der Waals surface area contributed by atoms with Crippen LogP contribution in [0.5, 0.6) is 0 Å². The lowest BCUT2D eigenvalue weighted by Gasteiger charge is -2.38. The van der Waals surface area contributed by atoms with Gasteiger partial charge < -0.3 is 5.32 Å². The predicted molar refractivity (Wildman–Crippen MR) is 61.5 cm³/mol. The number of halogens is 1. The van der Waals surface area contributed by atoms with Gasteiger partial charge in [0.25, 0.3) is 0 Å². The first kappa shape index (κ1) is 10.7. The Morgan fingerprint density at radius 2 is 1.75 bits per heavy atom. The second-order valence-electron chi connectivity index (χ2n) is 4.46. The molecule has 0 amide bonds. The maximum Gasteiger partial charge on any atom is 0.0224 e. The second kappa shape index (κ2) is 4.24. The molecule has 0 saturated carbocycles. The molecule has 1 N–H and O–H groups in total. The third kappa shape index (κ3) is 2.85. The van der Waals surface area contributed by atoms with E-state index in [1.54, 1.807) is 0 Å². The maximum absolute atomic E-state index is 3.39. The first-order chi connectivity index (χ1) is 5.52. The molecule has 2 nitrogen and oxygen atoms in total. The van der Waals surface area contributed by atoms with Crippen LogP contribution in [0.4, 0.5) is 0 Å². The lowest BCUT2D eigenvalue weighted by molar-refractivity contribution is 0.200. The van der Waals surface area contributed by atoms with Crippen LogP contribution in [-0.2, 0) is 0 Å². The smallest absolute Gasteiger partial charge is 0.0224 e. The van der Waals surface area contributed by atoms with Crippen LogP contribution in [-0.4, -0.2) is 27.8 Å². The summed E-state index contributed by atoms with van der Waals surface area (Å²) in [4.78, 5) is 0. The lowest BCUT2D eigenvalue weighted by atomic mass is 10.0. The average molecular weight is 282 g/mol. The summed E-state index contributed by atoms with van der Waals surface area (Å²) >= 11 is 2.47. The van der Waals surface area contributed by atoms with Crippen LogP contribution in [0.2, 0.25) is 0 Å². The van der Waals surface area contributed by atoms with Gasteiger partial charge in [-0.1, -0.05) is 0 Å². The number of nitrogens with zero attached hydrogens (tertiary/aromatic N) is 1. The summed E-state index contributed by atoms with van der Waals surface area (Å²) in [6.45, 7) is 9.20. The van der Waals surface area contributed by atoms with Crippen molar-refractivity contribution in [1.82, 2.24) is 8.43 Å². The van der Waals surface area contributed by atoms with Crippen LogP contribution in [0.1, 0.15) is 33.6 Å². The minimum Gasteiger partial charge on any atom is -0.317 e. The molecule has 1 aliphatic rings. The molecule has 1 saturated heterocycles. The van der Waals surface area contributed by atoms with Crippen molar-refractivity contribution in [1.29, 1.82) is 0 Å². The maximum atomic E-state index is 3.39. The van der Waals surface area contributed by atoms with E-state index in [0.717, 1.165) is 6.04 Å². The topological polar surface area (TPSA) is 15.3 Å². The number of rotatable bonds is 1. The zero-order chi connectivity index (χ0) is 9.19. The quantitative estimate of drug-likeness (QED) is 0.586. The highest BCUT2D eigenvalue weighted by Crippen LogP contribution is 2.26. The van der Waals surface area contributed by atoms with Gasteiger partial charge in [0.1, 0.15) is 0 Å². The van der Waals surface area contributed by atoms with Crippen molar-refractivity contribution < 1.29 is 0 Å². The molecular weight excluding hydrogens is 263 g/mol. The van der Waals surface area contributed by atoms with Crippen LogP contribution in [0.25, 0.3) is 0 Å². The molecule has 0 unspecified atom stereocenters. The fraction of sp³-hybridized carbons (Fsp3) is 1.00. The van der Waals surface area contributed by atoms with Gasteiger partial charge in [-0.2, -0.15) is 0 Å². The van der Waals surface area contributed by atoms with Crippen molar-refractivity contribution in [2.75, 3.05) is 13.1 Å². The number of hydrogen-bond acceptors (Lipinski definition) is 2. The fourth-order valence-corrected chi connectivity index (χ4v) is 2.14. The number of piperidine rings is 1.